The van der Waals surface area contributed by atoms with Crippen molar-refractivity contribution in [1.82, 2.24) is 5.32 Å². The van der Waals surface area contributed by atoms with Crippen LogP contribution >= 0.6 is 0 Å². The average Bonchev–Trinajstić information content (AvgIpc) is 2.43. The molecule has 2 fully saturated rings. The SMILES string of the molecule is CCOC1CC(NCC(C)(C)OC)C12CCCCC2. The molecule has 1 spiro atoms. The monoisotopic (exact) mass is 269 g/mol. The molecule has 0 aromatic heterocycles. The highest BCUT2D eigenvalue weighted by Gasteiger charge is 2.55. The van der Waals surface area contributed by atoms with Crippen LogP contribution in [0, 0.1) is 5.41 Å². The first-order chi connectivity index (χ1) is 9.04. The summed E-state index contributed by atoms with van der Waals surface area (Å²) in [6.45, 7) is 8.18. The molecule has 19 heavy (non-hydrogen) atoms. The molecule has 2 rings (SSSR count). The summed E-state index contributed by atoms with van der Waals surface area (Å²) in [5, 5.41) is 3.75. The number of hydrogen-bond donors (Lipinski definition) is 1. The second kappa shape index (κ2) is 6.11. The Hall–Kier alpha value is -0.120. The highest BCUT2D eigenvalue weighted by Crippen LogP contribution is 2.53. The minimum Gasteiger partial charge on any atom is -0.378 e. The lowest BCUT2D eigenvalue weighted by Gasteiger charge is -2.58. The molecule has 2 saturated carbocycles. The van der Waals surface area contributed by atoms with Crippen LogP contribution in [-0.2, 0) is 9.47 Å². The van der Waals surface area contributed by atoms with E-state index in [9.17, 15) is 0 Å². The van der Waals surface area contributed by atoms with Gasteiger partial charge >= 0.3 is 0 Å². The van der Waals surface area contributed by atoms with Gasteiger partial charge in [0, 0.05) is 31.7 Å². The molecule has 3 nitrogen and oxygen atoms in total. The van der Waals surface area contributed by atoms with Gasteiger partial charge in [-0.25, -0.2) is 0 Å². The fraction of sp³-hybridized carbons (Fsp3) is 1.00. The second-order valence-electron chi connectivity index (χ2n) is 6.87. The number of hydrogen-bond acceptors (Lipinski definition) is 3. The Bertz CT molecular complexity index is 284. The van der Waals surface area contributed by atoms with Crippen LogP contribution in [0.15, 0.2) is 0 Å². The zero-order chi connectivity index (χ0) is 13.9. The van der Waals surface area contributed by atoms with Crippen molar-refractivity contribution in [2.45, 2.75) is 77.0 Å². The quantitative estimate of drug-likeness (QED) is 0.803. The Kier molecular flexibility index (Phi) is 4.91. The number of ether oxygens (including phenoxy) is 2. The van der Waals surface area contributed by atoms with Crippen molar-refractivity contribution < 1.29 is 9.47 Å². The Morgan fingerprint density at radius 1 is 1.21 bits per heavy atom. The van der Waals surface area contributed by atoms with Crippen molar-refractivity contribution in [3.05, 3.63) is 0 Å². The van der Waals surface area contributed by atoms with E-state index in [4.69, 9.17) is 9.47 Å². The zero-order valence-electron chi connectivity index (χ0n) is 13.1. The lowest BCUT2D eigenvalue weighted by atomic mass is 9.55. The van der Waals surface area contributed by atoms with Crippen LogP contribution in [0.3, 0.4) is 0 Å². The smallest absolute Gasteiger partial charge is 0.0746 e. The molecule has 0 radical (unpaired) electrons. The molecule has 1 N–H and O–H groups in total. The van der Waals surface area contributed by atoms with E-state index >= 15 is 0 Å². The molecule has 0 aromatic carbocycles. The summed E-state index contributed by atoms with van der Waals surface area (Å²) in [5.41, 5.74) is 0.338. The summed E-state index contributed by atoms with van der Waals surface area (Å²) in [7, 11) is 1.79. The van der Waals surface area contributed by atoms with E-state index < -0.39 is 0 Å². The number of rotatable bonds is 6. The van der Waals surface area contributed by atoms with Gasteiger partial charge in [-0.2, -0.15) is 0 Å². The molecular weight excluding hydrogens is 238 g/mol. The molecule has 0 bridgehead atoms. The van der Waals surface area contributed by atoms with Gasteiger partial charge < -0.3 is 14.8 Å². The first kappa shape index (κ1) is 15.3. The molecule has 0 aromatic rings. The van der Waals surface area contributed by atoms with Crippen molar-refractivity contribution in [2.24, 2.45) is 5.41 Å². The molecule has 0 amide bonds. The normalized spacial score (nSPS) is 30.3. The van der Waals surface area contributed by atoms with Gasteiger partial charge in [0.2, 0.25) is 0 Å². The van der Waals surface area contributed by atoms with Crippen LogP contribution in [0.2, 0.25) is 0 Å². The van der Waals surface area contributed by atoms with Gasteiger partial charge in [-0.1, -0.05) is 19.3 Å². The van der Waals surface area contributed by atoms with Crippen LogP contribution in [0.4, 0.5) is 0 Å². The standard InChI is InChI=1S/C16H31NO2/c1-5-19-14-11-13(17-12-15(2,3)18-4)16(14)9-7-6-8-10-16/h13-14,17H,5-12H2,1-4H3. The zero-order valence-corrected chi connectivity index (χ0v) is 13.1. The van der Waals surface area contributed by atoms with Crippen LogP contribution in [0.5, 0.6) is 0 Å². The van der Waals surface area contributed by atoms with Gasteiger partial charge in [-0.3, -0.25) is 0 Å². The molecule has 2 aliphatic carbocycles. The van der Waals surface area contributed by atoms with E-state index in [-0.39, 0.29) is 5.60 Å². The summed E-state index contributed by atoms with van der Waals surface area (Å²) in [4.78, 5) is 0. The largest absolute Gasteiger partial charge is 0.378 e. The summed E-state index contributed by atoms with van der Waals surface area (Å²) >= 11 is 0. The molecular formula is C16H31NO2. The molecule has 0 saturated heterocycles. The van der Waals surface area contributed by atoms with Gasteiger partial charge in [-0.05, 0) is 40.0 Å². The van der Waals surface area contributed by atoms with Crippen molar-refractivity contribution in [2.75, 3.05) is 20.3 Å². The molecule has 2 aliphatic rings. The molecule has 112 valence electrons. The molecule has 0 aliphatic heterocycles. The molecule has 2 unspecified atom stereocenters. The van der Waals surface area contributed by atoms with Crippen molar-refractivity contribution in [3.63, 3.8) is 0 Å². The molecule has 3 heteroatoms. The third kappa shape index (κ3) is 3.14. The highest BCUT2D eigenvalue weighted by atomic mass is 16.5. The third-order valence-electron chi connectivity index (χ3n) is 5.26. The Morgan fingerprint density at radius 2 is 1.89 bits per heavy atom. The van der Waals surface area contributed by atoms with E-state index in [2.05, 4.69) is 26.1 Å². The van der Waals surface area contributed by atoms with Crippen LogP contribution < -0.4 is 5.32 Å². The lowest BCUT2D eigenvalue weighted by Crippen LogP contribution is -2.65. The van der Waals surface area contributed by atoms with Crippen molar-refractivity contribution >= 4 is 0 Å². The van der Waals surface area contributed by atoms with E-state index in [1.807, 2.05) is 0 Å². The fourth-order valence-electron chi connectivity index (χ4n) is 3.79. The Labute approximate surface area is 118 Å². The maximum atomic E-state index is 5.99. The van der Waals surface area contributed by atoms with Gasteiger partial charge in [0.25, 0.3) is 0 Å². The predicted octanol–water partition coefficient (Wildman–Crippen LogP) is 3.13. The van der Waals surface area contributed by atoms with Crippen LogP contribution in [0.25, 0.3) is 0 Å². The summed E-state index contributed by atoms with van der Waals surface area (Å²) < 4.78 is 11.5. The maximum Gasteiger partial charge on any atom is 0.0746 e. The minimum absolute atomic E-state index is 0.0768. The van der Waals surface area contributed by atoms with E-state index in [1.54, 1.807) is 7.11 Å². The minimum atomic E-state index is -0.0768. The van der Waals surface area contributed by atoms with E-state index in [0.717, 1.165) is 13.2 Å². The van der Waals surface area contributed by atoms with Gasteiger partial charge in [0.05, 0.1) is 11.7 Å². The molecule has 2 atom stereocenters. The Morgan fingerprint density at radius 3 is 2.47 bits per heavy atom. The topological polar surface area (TPSA) is 30.5 Å². The van der Waals surface area contributed by atoms with Crippen molar-refractivity contribution in [1.29, 1.82) is 0 Å². The van der Waals surface area contributed by atoms with Gasteiger partial charge in [0.1, 0.15) is 0 Å². The van der Waals surface area contributed by atoms with Crippen LogP contribution in [0.1, 0.15) is 59.3 Å². The maximum absolute atomic E-state index is 5.99. The summed E-state index contributed by atoms with van der Waals surface area (Å²) in [5.74, 6) is 0. The average molecular weight is 269 g/mol. The van der Waals surface area contributed by atoms with E-state index in [0.29, 0.717) is 17.6 Å². The number of nitrogens with one attached hydrogen (secondary N) is 1. The van der Waals surface area contributed by atoms with Gasteiger partial charge in [-0.15, -0.1) is 0 Å². The number of methoxy groups -OCH3 is 1. The second-order valence-corrected chi connectivity index (χ2v) is 6.87. The van der Waals surface area contributed by atoms with Crippen LogP contribution in [-0.4, -0.2) is 38.0 Å². The Balaban J connectivity index is 1.93. The van der Waals surface area contributed by atoms with Crippen molar-refractivity contribution in [3.8, 4) is 0 Å². The summed E-state index contributed by atoms with van der Waals surface area (Å²) in [6.07, 6.45) is 8.47. The first-order valence-electron chi connectivity index (χ1n) is 7.94. The first-order valence-corrected chi connectivity index (χ1v) is 7.94. The molecule has 0 heterocycles. The third-order valence-corrected chi connectivity index (χ3v) is 5.26. The fourth-order valence-corrected chi connectivity index (χ4v) is 3.79. The highest BCUT2D eigenvalue weighted by molar-refractivity contribution is 5.09. The lowest BCUT2D eigenvalue weighted by molar-refractivity contribution is -0.152. The summed E-state index contributed by atoms with van der Waals surface area (Å²) in [6, 6.07) is 0.624. The van der Waals surface area contributed by atoms with E-state index in [1.165, 1.54) is 38.5 Å². The predicted molar refractivity (Wildman–Crippen MR) is 78.4 cm³/mol. The van der Waals surface area contributed by atoms with Gasteiger partial charge in [0.15, 0.2) is 0 Å².